The van der Waals surface area contributed by atoms with Gasteiger partial charge in [-0.05, 0) is 12.1 Å². The predicted octanol–water partition coefficient (Wildman–Crippen LogP) is 0.701. The SMILES string of the molecule is CN(C)C(=O)c1ccc([N+](=O)[O-])c(NCCO)c1. The molecule has 18 heavy (non-hydrogen) atoms. The van der Waals surface area contributed by atoms with Crippen LogP contribution < -0.4 is 5.32 Å². The quantitative estimate of drug-likeness (QED) is 0.595. The van der Waals surface area contributed by atoms with Crippen molar-refractivity contribution in [3.05, 3.63) is 33.9 Å². The molecule has 0 saturated heterocycles. The smallest absolute Gasteiger partial charge is 0.292 e. The van der Waals surface area contributed by atoms with E-state index < -0.39 is 4.92 Å². The number of amides is 1. The summed E-state index contributed by atoms with van der Waals surface area (Å²) in [5.74, 6) is -0.239. The van der Waals surface area contributed by atoms with Gasteiger partial charge in [-0.25, -0.2) is 0 Å². The zero-order valence-electron chi connectivity index (χ0n) is 10.2. The maximum Gasteiger partial charge on any atom is 0.292 e. The van der Waals surface area contributed by atoms with Crippen LogP contribution in [0.25, 0.3) is 0 Å². The summed E-state index contributed by atoms with van der Waals surface area (Å²) >= 11 is 0. The molecule has 7 nitrogen and oxygen atoms in total. The van der Waals surface area contributed by atoms with E-state index in [1.807, 2.05) is 0 Å². The van der Waals surface area contributed by atoms with E-state index in [0.717, 1.165) is 0 Å². The predicted molar refractivity (Wildman–Crippen MR) is 66.7 cm³/mol. The van der Waals surface area contributed by atoms with Gasteiger partial charge in [0.2, 0.25) is 0 Å². The molecule has 0 radical (unpaired) electrons. The van der Waals surface area contributed by atoms with Crippen molar-refractivity contribution in [2.45, 2.75) is 0 Å². The zero-order valence-corrected chi connectivity index (χ0v) is 10.2. The Hall–Kier alpha value is -2.15. The Labute approximate surface area is 104 Å². The van der Waals surface area contributed by atoms with Gasteiger partial charge in [0.15, 0.2) is 0 Å². The highest BCUT2D eigenvalue weighted by Crippen LogP contribution is 2.25. The minimum atomic E-state index is -0.538. The first-order valence-corrected chi connectivity index (χ1v) is 5.32. The molecule has 0 heterocycles. The third-order valence-corrected chi connectivity index (χ3v) is 2.27. The molecule has 0 aromatic heterocycles. The van der Waals surface area contributed by atoms with Gasteiger partial charge in [0.1, 0.15) is 5.69 Å². The molecule has 1 aromatic carbocycles. The van der Waals surface area contributed by atoms with Gasteiger partial charge < -0.3 is 15.3 Å². The molecule has 1 rings (SSSR count). The molecule has 0 fully saturated rings. The minimum absolute atomic E-state index is 0.126. The molecular formula is C11H15N3O4. The average Bonchev–Trinajstić information content (AvgIpc) is 2.34. The molecule has 7 heteroatoms. The summed E-state index contributed by atoms with van der Waals surface area (Å²) in [6, 6.07) is 4.09. The lowest BCUT2D eigenvalue weighted by atomic mass is 10.1. The fourth-order valence-corrected chi connectivity index (χ4v) is 1.42. The van der Waals surface area contributed by atoms with Gasteiger partial charge >= 0.3 is 0 Å². The maximum atomic E-state index is 11.7. The van der Waals surface area contributed by atoms with Gasteiger partial charge in [-0.2, -0.15) is 0 Å². The van der Waals surface area contributed by atoms with Gasteiger partial charge in [-0.3, -0.25) is 14.9 Å². The van der Waals surface area contributed by atoms with E-state index in [1.165, 1.54) is 23.1 Å². The molecule has 0 bridgehead atoms. The van der Waals surface area contributed by atoms with Gasteiger partial charge in [0.25, 0.3) is 11.6 Å². The summed E-state index contributed by atoms with van der Waals surface area (Å²) < 4.78 is 0. The van der Waals surface area contributed by atoms with Crippen LogP contribution in [0.3, 0.4) is 0 Å². The molecule has 0 unspecified atom stereocenters. The number of aliphatic hydroxyl groups excluding tert-OH is 1. The lowest BCUT2D eigenvalue weighted by Crippen LogP contribution is -2.22. The summed E-state index contributed by atoms with van der Waals surface area (Å²) in [6.07, 6.45) is 0. The molecule has 0 atom stereocenters. The van der Waals surface area contributed by atoms with E-state index in [2.05, 4.69) is 5.32 Å². The van der Waals surface area contributed by atoms with Crippen molar-refractivity contribution in [1.82, 2.24) is 4.90 Å². The van der Waals surface area contributed by atoms with Crippen LogP contribution in [0.1, 0.15) is 10.4 Å². The highest BCUT2D eigenvalue weighted by Gasteiger charge is 2.17. The number of carbonyl (C=O) groups is 1. The minimum Gasteiger partial charge on any atom is -0.395 e. The van der Waals surface area contributed by atoms with Gasteiger partial charge in [0.05, 0.1) is 11.5 Å². The Morgan fingerprint density at radius 3 is 2.67 bits per heavy atom. The number of rotatable bonds is 5. The Morgan fingerprint density at radius 1 is 1.50 bits per heavy atom. The largest absolute Gasteiger partial charge is 0.395 e. The van der Waals surface area contributed by atoms with Crippen molar-refractivity contribution in [3.63, 3.8) is 0 Å². The van der Waals surface area contributed by atoms with E-state index in [0.29, 0.717) is 5.56 Å². The average molecular weight is 253 g/mol. The second-order valence-electron chi connectivity index (χ2n) is 3.84. The molecule has 0 spiro atoms. The lowest BCUT2D eigenvalue weighted by molar-refractivity contribution is -0.384. The topological polar surface area (TPSA) is 95.7 Å². The summed E-state index contributed by atoms with van der Waals surface area (Å²) in [5.41, 5.74) is 0.451. The fourth-order valence-electron chi connectivity index (χ4n) is 1.42. The zero-order chi connectivity index (χ0) is 13.7. The van der Waals surface area contributed by atoms with E-state index in [4.69, 9.17) is 5.11 Å². The normalized spacial score (nSPS) is 9.94. The number of nitro groups is 1. The number of hydrogen-bond acceptors (Lipinski definition) is 5. The third-order valence-electron chi connectivity index (χ3n) is 2.27. The van der Waals surface area contributed by atoms with Crippen LogP contribution in [0.15, 0.2) is 18.2 Å². The molecule has 0 aliphatic carbocycles. The Balaban J connectivity index is 3.12. The first-order valence-electron chi connectivity index (χ1n) is 5.32. The van der Waals surface area contributed by atoms with E-state index in [-0.39, 0.29) is 30.4 Å². The van der Waals surface area contributed by atoms with E-state index in [9.17, 15) is 14.9 Å². The monoisotopic (exact) mass is 253 g/mol. The van der Waals surface area contributed by atoms with Gasteiger partial charge in [0, 0.05) is 32.3 Å². The van der Waals surface area contributed by atoms with Crippen LogP contribution in [-0.2, 0) is 0 Å². The number of nitrogens with zero attached hydrogens (tertiary/aromatic N) is 2. The molecule has 0 saturated carbocycles. The fraction of sp³-hybridized carbons (Fsp3) is 0.364. The van der Waals surface area contributed by atoms with Crippen molar-refractivity contribution in [2.24, 2.45) is 0 Å². The third kappa shape index (κ3) is 3.17. The second kappa shape index (κ2) is 5.97. The van der Waals surface area contributed by atoms with Crippen LogP contribution in [0.5, 0.6) is 0 Å². The van der Waals surface area contributed by atoms with Crippen LogP contribution in [0.2, 0.25) is 0 Å². The van der Waals surface area contributed by atoms with Crippen molar-refractivity contribution in [2.75, 3.05) is 32.6 Å². The number of aliphatic hydroxyl groups is 1. The Bertz CT molecular complexity index is 460. The molecular weight excluding hydrogens is 238 g/mol. The first kappa shape index (κ1) is 13.9. The number of carbonyl (C=O) groups excluding carboxylic acids is 1. The lowest BCUT2D eigenvalue weighted by Gasteiger charge is -2.12. The molecule has 98 valence electrons. The number of nitrogens with one attached hydrogen (secondary N) is 1. The maximum absolute atomic E-state index is 11.7. The molecule has 1 amide bonds. The summed E-state index contributed by atoms with van der Waals surface area (Å²) in [7, 11) is 3.20. The van der Waals surface area contributed by atoms with Crippen molar-refractivity contribution in [3.8, 4) is 0 Å². The number of nitro benzene ring substituents is 1. The summed E-state index contributed by atoms with van der Waals surface area (Å²) in [4.78, 5) is 23.4. The van der Waals surface area contributed by atoms with Crippen molar-refractivity contribution in [1.29, 1.82) is 0 Å². The van der Waals surface area contributed by atoms with E-state index >= 15 is 0 Å². The number of anilines is 1. The summed E-state index contributed by atoms with van der Waals surface area (Å²) in [5, 5.41) is 22.2. The van der Waals surface area contributed by atoms with Crippen molar-refractivity contribution >= 4 is 17.3 Å². The first-order chi connectivity index (χ1) is 8.47. The standard InChI is InChI=1S/C11H15N3O4/c1-13(2)11(16)8-3-4-10(14(17)18)9(7-8)12-5-6-15/h3-4,7,12,15H,5-6H2,1-2H3. The van der Waals surface area contributed by atoms with Gasteiger partial charge in [-0.1, -0.05) is 0 Å². The number of benzene rings is 1. The van der Waals surface area contributed by atoms with Crippen LogP contribution >= 0.6 is 0 Å². The molecule has 2 N–H and O–H groups in total. The Kier molecular flexibility index (Phi) is 4.61. The second-order valence-corrected chi connectivity index (χ2v) is 3.84. The Morgan fingerprint density at radius 2 is 2.17 bits per heavy atom. The van der Waals surface area contributed by atoms with Crippen LogP contribution in [0.4, 0.5) is 11.4 Å². The molecule has 1 aromatic rings. The number of hydrogen-bond donors (Lipinski definition) is 2. The molecule has 0 aliphatic rings. The van der Waals surface area contributed by atoms with E-state index in [1.54, 1.807) is 14.1 Å². The van der Waals surface area contributed by atoms with Gasteiger partial charge in [-0.15, -0.1) is 0 Å². The van der Waals surface area contributed by atoms with Crippen LogP contribution in [0, 0.1) is 10.1 Å². The van der Waals surface area contributed by atoms with Crippen LogP contribution in [-0.4, -0.2) is 48.1 Å². The molecule has 0 aliphatic heterocycles. The summed E-state index contributed by atoms with van der Waals surface area (Å²) in [6.45, 7) is 0.0312. The highest BCUT2D eigenvalue weighted by molar-refractivity contribution is 5.95. The highest BCUT2D eigenvalue weighted by atomic mass is 16.6. The van der Waals surface area contributed by atoms with Crippen molar-refractivity contribution < 1.29 is 14.8 Å².